The lowest BCUT2D eigenvalue weighted by atomic mass is 9.43. The minimum Gasteiger partial charge on any atom is -0.458 e. The summed E-state index contributed by atoms with van der Waals surface area (Å²) in [6, 6.07) is 9.58. The molecule has 0 spiro atoms. The van der Waals surface area contributed by atoms with Gasteiger partial charge in [-0.3, -0.25) is 0 Å². The van der Waals surface area contributed by atoms with Crippen molar-refractivity contribution in [2.45, 2.75) is 124 Å². The highest BCUT2D eigenvalue weighted by atomic mass is 16.5. The van der Waals surface area contributed by atoms with Crippen molar-refractivity contribution in [3.05, 3.63) is 35.9 Å². The third-order valence-electron chi connectivity index (χ3n) is 13.3. The molecule has 0 heterocycles. The third kappa shape index (κ3) is 4.79. The summed E-state index contributed by atoms with van der Waals surface area (Å²) in [4.78, 5) is 12.8. The van der Waals surface area contributed by atoms with Crippen LogP contribution in [-0.4, -0.2) is 12.1 Å². The summed E-state index contributed by atoms with van der Waals surface area (Å²) >= 11 is 0. The molecule has 0 N–H and O–H groups in total. The van der Waals surface area contributed by atoms with Gasteiger partial charge in [-0.25, -0.2) is 4.79 Å². The first kappa shape index (κ1) is 26.9. The first-order chi connectivity index (χ1) is 18.1. The van der Waals surface area contributed by atoms with E-state index in [9.17, 15) is 4.79 Å². The molecule has 2 nitrogen and oxygen atoms in total. The van der Waals surface area contributed by atoms with E-state index in [-0.39, 0.29) is 12.1 Å². The SMILES string of the molecule is C[C@H](CCC(OC(=O)c1ccccc1)C1CC1)[C@H]1CC[C@H]2[C@@H]3CC[C@H]4CC(C)(C)CC[C@]4(C)[C@H]3CC[C@]12C. The van der Waals surface area contributed by atoms with Gasteiger partial charge >= 0.3 is 5.97 Å². The molecule has 1 aromatic carbocycles. The maximum absolute atomic E-state index is 12.8. The Kier molecular flexibility index (Phi) is 7.04. The Balaban J connectivity index is 1.09. The Morgan fingerprint density at radius 1 is 0.842 bits per heavy atom. The summed E-state index contributed by atoms with van der Waals surface area (Å²) in [7, 11) is 0. The van der Waals surface area contributed by atoms with Crippen LogP contribution >= 0.6 is 0 Å². The average molecular weight is 519 g/mol. The van der Waals surface area contributed by atoms with E-state index in [0.717, 1.165) is 41.9 Å². The lowest BCUT2D eigenvalue weighted by Crippen LogP contribution is -2.54. The predicted molar refractivity (Wildman–Crippen MR) is 156 cm³/mol. The van der Waals surface area contributed by atoms with Crippen molar-refractivity contribution in [3.63, 3.8) is 0 Å². The molecule has 6 rings (SSSR count). The van der Waals surface area contributed by atoms with Crippen molar-refractivity contribution in [1.29, 1.82) is 0 Å². The first-order valence-electron chi connectivity index (χ1n) is 16.4. The van der Waals surface area contributed by atoms with E-state index in [0.29, 0.717) is 27.7 Å². The van der Waals surface area contributed by atoms with Gasteiger partial charge in [-0.2, -0.15) is 0 Å². The van der Waals surface area contributed by atoms with Crippen LogP contribution in [0.2, 0.25) is 0 Å². The molecule has 5 aliphatic rings. The van der Waals surface area contributed by atoms with E-state index in [1.54, 1.807) is 0 Å². The second kappa shape index (κ2) is 9.95. The maximum Gasteiger partial charge on any atom is 0.338 e. The zero-order chi connectivity index (χ0) is 26.7. The molecular formula is C36H54O2. The second-order valence-corrected chi connectivity index (χ2v) is 16.0. The Morgan fingerprint density at radius 3 is 2.32 bits per heavy atom. The van der Waals surface area contributed by atoms with E-state index in [2.05, 4.69) is 34.6 Å². The lowest BCUT2D eigenvalue weighted by molar-refractivity contribution is -0.129. The molecular weight excluding hydrogens is 464 g/mol. The van der Waals surface area contributed by atoms with Gasteiger partial charge in [0, 0.05) is 0 Å². The van der Waals surface area contributed by atoms with Crippen LogP contribution in [0.15, 0.2) is 30.3 Å². The fourth-order valence-electron chi connectivity index (χ4n) is 10.9. The summed E-state index contributed by atoms with van der Waals surface area (Å²) in [5, 5.41) is 0. The van der Waals surface area contributed by atoms with Gasteiger partial charge < -0.3 is 4.74 Å². The Morgan fingerprint density at radius 2 is 1.58 bits per heavy atom. The number of rotatable bonds is 7. The smallest absolute Gasteiger partial charge is 0.338 e. The Bertz CT molecular complexity index is 994. The molecule has 0 saturated heterocycles. The van der Waals surface area contributed by atoms with E-state index in [4.69, 9.17) is 4.74 Å². The van der Waals surface area contributed by atoms with Crippen LogP contribution in [0.5, 0.6) is 0 Å². The van der Waals surface area contributed by atoms with Crippen molar-refractivity contribution in [2.24, 2.45) is 57.7 Å². The summed E-state index contributed by atoms with van der Waals surface area (Å²) in [6.45, 7) is 13.0. The van der Waals surface area contributed by atoms with Crippen LogP contribution in [0.4, 0.5) is 0 Å². The Labute approximate surface area is 233 Å². The van der Waals surface area contributed by atoms with Crippen LogP contribution in [0.25, 0.3) is 0 Å². The minimum absolute atomic E-state index is 0.108. The molecule has 5 fully saturated rings. The zero-order valence-corrected chi connectivity index (χ0v) is 25.0. The van der Waals surface area contributed by atoms with E-state index < -0.39 is 0 Å². The Hall–Kier alpha value is -1.31. The number of carbonyl (C=O) groups is 1. The fraction of sp³-hybridized carbons (Fsp3) is 0.806. The average Bonchev–Trinajstić information content (AvgIpc) is 3.68. The number of hydrogen-bond donors (Lipinski definition) is 0. The van der Waals surface area contributed by atoms with Gasteiger partial charge in [0.05, 0.1) is 5.56 Å². The van der Waals surface area contributed by atoms with E-state index in [1.807, 2.05) is 30.3 Å². The standard InChI is InChI=1S/C36H54O2/c1-24(11-18-32(25-12-13-25)38-33(37)26-9-7-6-8-10-26)29-16-17-30-28-15-14-27-23-34(2,3)21-22-35(27,4)31(28)19-20-36(29,30)5/h6-10,24-25,27-32H,11-23H2,1-5H3/t24-,27+,28+,29-,30+,31+,32?,35+,36-/m1/s1. The molecule has 1 unspecified atom stereocenters. The van der Waals surface area contributed by atoms with Crippen molar-refractivity contribution in [2.75, 3.05) is 0 Å². The summed E-state index contributed by atoms with van der Waals surface area (Å²) in [5.74, 6) is 5.88. The summed E-state index contributed by atoms with van der Waals surface area (Å²) in [6.07, 6.45) is 18.0. The zero-order valence-electron chi connectivity index (χ0n) is 25.0. The van der Waals surface area contributed by atoms with Gasteiger partial charge in [-0.05, 0) is 153 Å². The number of esters is 1. The highest BCUT2D eigenvalue weighted by Crippen LogP contribution is 2.69. The van der Waals surface area contributed by atoms with Crippen LogP contribution in [0.1, 0.15) is 128 Å². The molecule has 38 heavy (non-hydrogen) atoms. The van der Waals surface area contributed by atoms with Crippen LogP contribution in [0, 0.1) is 57.7 Å². The monoisotopic (exact) mass is 518 g/mol. The molecule has 2 heteroatoms. The van der Waals surface area contributed by atoms with Gasteiger partial charge in [0.25, 0.3) is 0 Å². The summed E-state index contributed by atoms with van der Waals surface area (Å²) < 4.78 is 6.11. The highest BCUT2D eigenvalue weighted by Gasteiger charge is 2.61. The number of ether oxygens (including phenoxy) is 1. The van der Waals surface area contributed by atoms with Crippen molar-refractivity contribution in [3.8, 4) is 0 Å². The molecule has 0 bridgehead atoms. The molecule has 0 radical (unpaired) electrons. The number of hydrogen-bond acceptors (Lipinski definition) is 2. The van der Waals surface area contributed by atoms with Crippen LogP contribution in [0.3, 0.4) is 0 Å². The van der Waals surface area contributed by atoms with E-state index >= 15 is 0 Å². The van der Waals surface area contributed by atoms with E-state index in [1.165, 1.54) is 77.0 Å². The minimum atomic E-state index is -0.128. The molecule has 1 aromatic rings. The first-order valence-corrected chi connectivity index (χ1v) is 16.4. The van der Waals surface area contributed by atoms with Gasteiger partial charge in [0.1, 0.15) is 6.10 Å². The number of benzene rings is 1. The normalized spacial score (nSPS) is 41.3. The molecule has 9 atom stereocenters. The van der Waals surface area contributed by atoms with Crippen LogP contribution in [-0.2, 0) is 4.74 Å². The van der Waals surface area contributed by atoms with Gasteiger partial charge in [0.2, 0.25) is 0 Å². The van der Waals surface area contributed by atoms with Crippen LogP contribution < -0.4 is 0 Å². The third-order valence-corrected chi connectivity index (χ3v) is 13.3. The lowest BCUT2D eigenvalue weighted by Gasteiger charge is -2.62. The van der Waals surface area contributed by atoms with Gasteiger partial charge in [-0.1, -0.05) is 52.8 Å². The fourth-order valence-corrected chi connectivity index (χ4v) is 10.9. The molecule has 5 saturated carbocycles. The number of fused-ring (bicyclic) bond motifs is 5. The molecule has 0 amide bonds. The van der Waals surface area contributed by atoms with Gasteiger partial charge in [0.15, 0.2) is 0 Å². The molecule has 210 valence electrons. The quantitative estimate of drug-likeness (QED) is 0.336. The maximum atomic E-state index is 12.8. The second-order valence-electron chi connectivity index (χ2n) is 16.0. The summed E-state index contributed by atoms with van der Waals surface area (Å²) in [5.41, 5.74) is 2.37. The van der Waals surface area contributed by atoms with Gasteiger partial charge in [-0.15, -0.1) is 0 Å². The molecule has 0 aromatic heterocycles. The van der Waals surface area contributed by atoms with Crippen molar-refractivity contribution < 1.29 is 9.53 Å². The molecule has 0 aliphatic heterocycles. The highest BCUT2D eigenvalue weighted by molar-refractivity contribution is 5.89. The number of carbonyl (C=O) groups excluding carboxylic acids is 1. The van der Waals surface area contributed by atoms with Crippen molar-refractivity contribution >= 4 is 5.97 Å². The predicted octanol–water partition coefficient (Wildman–Crippen LogP) is 9.72. The largest absolute Gasteiger partial charge is 0.458 e. The van der Waals surface area contributed by atoms with Crippen molar-refractivity contribution in [1.82, 2.24) is 0 Å². The molecule has 5 aliphatic carbocycles. The topological polar surface area (TPSA) is 26.3 Å².